The highest BCUT2D eigenvalue weighted by molar-refractivity contribution is 6.30. The first-order valence-electron chi connectivity index (χ1n) is 5.88. The van der Waals surface area contributed by atoms with Crippen LogP contribution in [0.2, 0.25) is 5.02 Å². The molecule has 0 aromatic heterocycles. The third-order valence-electron chi connectivity index (χ3n) is 2.49. The second-order valence-electron chi connectivity index (χ2n) is 4.06. The van der Waals surface area contributed by atoms with Gasteiger partial charge in [0, 0.05) is 12.1 Å². The van der Waals surface area contributed by atoms with E-state index in [0.717, 1.165) is 0 Å². The second kappa shape index (κ2) is 6.99. The molecular weight excluding hydrogens is 268 g/mol. The third-order valence-corrected chi connectivity index (χ3v) is 2.75. The van der Waals surface area contributed by atoms with Crippen LogP contribution in [0.1, 0.15) is 13.8 Å². The Morgan fingerprint density at radius 1 is 1.16 bits per heavy atom. The van der Waals surface area contributed by atoms with E-state index in [1.165, 1.54) is 7.05 Å². The maximum Gasteiger partial charge on any atom is 0.261 e. The number of hydrogen-bond donors (Lipinski definition) is 2. The molecule has 0 heterocycles. The minimum atomic E-state index is -0.701. The van der Waals surface area contributed by atoms with E-state index in [1.54, 1.807) is 38.1 Å². The van der Waals surface area contributed by atoms with Crippen molar-refractivity contribution in [3.05, 3.63) is 29.3 Å². The number of carbonyl (C=O) groups excluding carboxylic acids is 2. The Bertz CT molecular complexity index is 448. The van der Waals surface area contributed by atoms with E-state index in [1.807, 2.05) is 0 Å². The second-order valence-corrected chi connectivity index (χ2v) is 4.49. The molecule has 2 amide bonds. The first-order valence-corrected chi connectivity index (χ1v) is 6.26. The van der Waals surface area contributed by atoms with Crippen LogP contribution >= 0.6 is 11.6 Å². The lowest BCUT2D eigenvalue weighted by Crippen LogP contribution is -2.47. The fourth-order valence-corrected chi connectivity index (χ4v) is 1.51. The van der Waals surface area contributed by atoms with Crippen molar-refractivity contribution >= 4 is 23.4 Å². The number of hydrogen-bond acceptors (Lipinski definition) is 3. The van der Waals surface area contributed by atoms with Crippen molar-refractivity contribution < 1.29 is 14.3 Å². The number of benzene rings is 1. The quantitative estimate of drug-likeness (QED) is 0.858. The van der Waals surface area contributed by atoms with E-state index in [4.69, 9.17) is 16.3 Å². The number of nitrogens with one attached hydrogen (secondary N) is 2. The van der Waals surface area contributed by atoms with Gasteiger partial charge in [-0.25, -0.2) is 0 Å². The van der Waals surface area contributed by atoms with Crippen LogP contribution in [-0.2, 0) is 9.59 Å². The van der Waals surface area contributed by atoms with Gasteiger partial charge in [-0.1, -0.05) is 11.6 Å². The molecule has 6 heteroatoms. The van der Waals surface area contributed by atoms with Crippen molar-refractivity contribution in [2.45, 2.75) is 26.0 Å². The van der Waals surface area contributed by atoms with Crippen molar-refractivity contribution in [3.63, 3.8) is 0 Å². The maximum atomic E-state index is 11.8. The van der Waals surface area contributed by atoms with Gasteiger partial charge in [-0.2, -0.15) is 0 Å². The molecule has 0 aliphatic rings. The lowest BCUT2D eigenvalue weighted by Gasteiger charge is -2.17. The minimum absolute atomic E-state index is 0.257. The SMILES string of the molecule is CNC(=O)[C@@H](C)NC(=O)[C@H](C)Oc1ccc(Cl)cc1. The van der Waals surface area contributed by atoms with Crippen molar-refractivity contribution in [1.82, 2.24) is 10.6 Å². The van der Waals surface area contributed by atoms with Crippen molar-refractivity contribution in [3.8, 4) is 5.75 Å². The Labute approximate surface area is 117 Å². The Hall–Kier alpha value is -1.75. The largest absolute Gasteiger partial charge is 0.481 e. The van der Waals surface area contributed by atoms with Crippen LogP contribution in [0.4, 0.5) is 0 Å². The number of likely N-dealkylation sites (N-methyl/N-ethyl adjacent to an activating group) is 1. The van der Waals surface area contributed by atoms with Gasteiger partial charge < -0.3 is 15.4 Å². The molecule has 0 saturated heterocycles. The van der Waals surface area contributed by atoms with E-state index in [2.05, 4.69) is 10.6 Å². The third kappa shape index (κ3) is 4.79. The molecule has 1 aromatic rings. The van der Waals surface area contributed by atoms with Crippen LogP contribution < -0.4 is 15.4 Å². The van der Waals surface area contributed by atoms with Gasteiger partial charge in [0.2, 0.25) is 5.91 Å². The van der Waals surface area contributed by atoms with Crippen LogP contribution in [0.25, 0.3) is 0 Å². The molecule has 2 N–H and O–H groups in total. The summed E-state index contributed by atoms with van der Waals surface area (Å²) in [6, 6.07) is 6.10. The first-order chi connectivity index (χ1) is 8.93. The van der Waals surface area contributed by atoms with Crippen LogP contribution in [0.15, 0.2) is 24.3 Å². The van der Waals surface area contributed by atoms with Crippen LogP contribution in [-0.4, -0.2) is 31.0 Å². The summed E-state index contributed by atoms with van der Waals surface area (Å²) in [6.45, 7) is 3.21. The standard InChI is InChI=1S/C13H17ClN2O3/c1-8(12(17)15-3)16-13(18)9(2)19-11-6-4-10(14)5-7-11/h4-9H,1-3H3,(H,15,17)(H,16,18)/t8-,9+/m1/s1. The van der Waals surface area contributed by atoms with Gasteiger partial charge in [0.25, 0.3) is 5.91 Å². The summed E-state index contributed by atoms with van der Waals surface area (Å²) in [5.41, 5.74) is 0. The molecule has 1 rings (SSSR count). The smallest absolute Gasteiger partial charge is 0.261 e. The Balaban J connectivity index is 2.53. The summed E-state index contributed by atoms with van der Waals surface area (Å²) < 4.78 is 5.44. The van der Waals surface area contributed by atoms with Gasteiger partial charge in [-0.15, -0.1) is 0 Å². The topological polar surface area (TPSA) is 67.4 Å². The number of rotatable bonds is 5. The molecule has 0 unspecified atom stereocenters. The molecule has 104 valence electrons. The number of ether oxygens (including phenoxy) is 1. The summed E-state index contributed by atoms with van der Waals surface area (Å²) in [7, 11) is 1.51. The average Bonchev–Trinajstić information content (AvgIpc) is 2.40. The zero-order valence-electron chi connectivity index (χ0n) is 11.1. The first kappa shape index (κ1) is 15.3. The molecular formula is C13H17ClN2O3. The minimum Gasteiger partial charge on any atom is -0.481 e. The normalized spacial score (nSPS) is 13.3. The maximum absolute atomic E-state index is 11.8. The highest BCUT2D eigenvalue weighted by atomic mass is 35.5. The highest BCUT2D eigenvalue weighted by Crippen LogP contribution is 2.16. The molecule has 0 aliphatic carbocycles. The van der Waals surface area contributed by atoms with Crippen LogP contribution in [0.5, 0.6) is 5.75 Å². The molecule has 0 bridgehead atoms. The van der Waals surface area contributed by atoms with E-state index >= 15 is 0 Å². The van der Waals surface area contributed by atoms with Crippen molar-refractivity contribution in [1.29, 1.82) is 0 Å². The predicted molar refractivity (Wildman–Crippen MR) is 73.2 cm³/mol. The van der Waals surface area contributed by atoms with Gasteiger partial charge in [-0.05, 0) is 38.1 Å². The van der Waals surface area contributed by atoms with Gasteiger partial charge >= 0.3 is 0 Å². The van der Waals surface area contributed by atoms with Crippen LogP contribution in [0, 0.1) is 0 Å². The fourth-order valence-electron chi connectivity index (χ4n) is 1.38. The van der Waals surface area contributed by atoms with E-state index < -0.39 is 12.1 Å². The average molecular weight is 285 g/mol. The fraction of sp³-hybridized carbons (Fsp3) is 0.385. The molecule has 0 spiro atoms. The summed E-state index contributed by atoms with van der Waals surface area (Å²) in [6.07, 6.45) is -0.701. The van der Waals surface area contributed by atoms with Gasteiger partial charge in [0.05, 0.1) is 0 Å². The molecule has 5 nitrogen and oxygen atoms in total. The molecule has 0 radical (unpaired) electrons. The Morgan fingerprint density at radius 3 is 2.26 bits per heavy atom. The Kier molecular flexibility index (Phi) is 5.63. The summed E-state index contributed by atoms with van der Waals surface area (Å²) >= 11 is 5.75. The summed E-state index contributed by atoms with van der Waals surface area (Å²) in [4.78, 5) is 23.1. The van der Waals surface area contributed by atoms with E-state index in [9.17, 15) is 9.59 Å². The highest BCUT2D eigenvalue weighted by Gasteiger charge is 2.19. The van der Waals surface area contributed by atoms with Gasteiger partial charge in [0.1, 0.15) is 11.8 Å². The van der Waals surface area contributed by atoms with Crippen molar-refractivity contribution in [2.75, 3.05) is 7.05 Å². The Morgan fingerprint density at radius 2 is 1.74 bits per heavy atom. The van der Waals surface area contributed by atoms with E-state index in [-0.39, 0.29) is 11.8 Å². The zero-order valence-corrected chi connectivity index (χ0v) is 11.8. The van der Waals surface area contributed by atoms with Gasteiger partial charge in [-0.3, -0.25) is 9.59 Å². The lowest BCUT2D eigenvalue weighted by molar-refractivity contribution is -0.132. The van der Waals surface area contributed by atoms with E-state index in [0.29, 0.717) is 10.8 Å². The molecule has 1 aromatic carbocycles. The van der Waals surface area contributed by atoms with Crippen LogP contribution in [0.3, 0.4) is 0 Å². The summed E-state index contributed by atoms with van der Waals surface area (Å²) in [5, 5.41) is 5.61. The molecule has 2 atom stereocenters. The monoisotopic (exact) mass is 284 g/mol. The molecule has 0 aliphatic heterocycles. The molecule has 0 saturated carbocycles. The molecule has 0 fully saturated rings. The lowest BCUT2D eigenvalue weighted by atomic mass is 10.2. The van der Waals surface area contributed by atoms with Gasteiger partial charge in [0.15, 0.2) is 6.10 Å². The molecule has 19 heavy (non-hydrogen) atoms. The number of amides is 2. The number of carbonyl (C=O) groups is 2. The van der Waals surface area contributed by atoms with Crippen molar-refractivity contribution in [2.24, 2.45) is 0 Å². The number of halogens is 1. The zero-order chi connectivity index (χ0) is 14.4. The predicted octanol–water partition coefficient (Wildman–Crippen LogP) is 1.36. The summed E-state index contributed by atoms with van der Waals surface area (Å²) in [5.74, 6) is -0.0715.